The summed E-state index contributed by atoms with van der Waals surface area (Å²) in [5.74, 6) is 0.339. The summed E-state index contributed by atoms with van der Waals surface area (Å²) in [6, 6.07) is 7.57. The molecule has 2 nitrogen and oxygen atoms in total. The largest absolute Gasteiger partial charge is 0.508 e. The van der Waals surface area contributed by atoms with E-state index in [4.69, 9.17) is 0 Å². The number of phenolic OH excluding ortho intramolecular Hbond substituents is 1. The van der Waals surface area contributed by atoms with Gasteiger partial charge in [-0.1, -0.05) is 26.0 Å². The lowest BCUT2D eigenvalue weighted by Crippen LogP contribution is -2.38. The van der Waals surface area contributed by atoms with Gasteiger partial charge >= 0.3 is 0 Å². The van der Waals surface area contributed by atoms with E-state index in [1.807, 2.05) is 12.1 Å². The zero-order valence-corrected chi connectivity index (χ0v) is 11.1. The highest BCUT2D eigenvalue weighted by molar-refractivity contribution is 5.30. The van der Waals surface area contributed by atoms with Gasteiger partial charge in [0.2, 0.25) is 0 Å². The minimum Gasteiger partial charge on any atom is -0.508 e. The predicted octanol–water partition coefficient (Wildman–Crippen LogP) is 2.77. The molecule has 0 aliphatic carbocycles. The van der Waals surface area contributed by atoms with Crippen LogP contribution in [0, 0.1) is 0 Å². The van der Waals surface area contributed by atoms with E-state index < -0.39 is 0 Å². The third kappa shape index (κ3) is 3.86. The molecule has 16 heavy (non-hydrogen) atoms. The van der Waals surface area contributed by atoms with Gasteiger partial charge < -0.3 is 9.59 Å². The molecule has 0 aliphatic rings. The minimum absolute atomic E-state index is 0.166. The number of hydrogen-bond donors (Lipinski definition) is 1. The number of hydrogen-bond acceptors (Lipinski definition) is 1. The van der Waals surface area contributed by atoms with E-state index in [0.717, 1.165) is 17.4 Å². The summed E-state index contributed by atoms with van der Waals surface area (Å²) in [4.78, 5) is 0. The molecule has 0 spiro atoms. The summed E-state index contributed by atoms with van der Waals surface area (Å²) in [5, 5.41) is 9.28. The first-order valence-corrected chi connectivity index (χ1v) is 5.81. The monoisotopic (exact) mass is 222 g/mol. The topological polar surface area (TPSA) is 20.2 Å². The highest BCUT2D eigenvalue weighted by Crippen LogP contribution is 2.28. The Kier molecular flexibility index (Phi) is 3.64. The van der Waals surface area contributed by atoms with Crippen molar-refractivity contribution in [1.82, 2.24) is 0 Å². The Bertz CT molecular complexity index is 333. The van der Waals surface area contributed by atoms with E-state index >= 15 is 0 Å². The molecule has 0 aromatic heterocycles. The fourth-order valence-corrected chi connectivity index (χ4v) is 1.67. The normalized spacial score (nSPS) is 12.8. The lowest BCUT2D eigenvalue weighted by molar-refractivity contribution is -0.871. The highest BCUT2D eigenvalue weighted by Gasteiger charge is 2.23. The van der Waals surface area contributed by atoms with Gasteiger partial charge in [-0.3, -0.25) is 0 Å². The second kappa shape index (κ2) is 4.46. The van der Waals surface area contributed by atoms with Gasteiger partial charge in [-0.2, -0.15) is 0 Å². The first-order valence-electron chi connectivity index (χ1n) is 5.81. The Morgan fingerprint density at radius 3 is 2.00 bits per heavy atom. The molecule has 1 N–H and O–H groups in total. The van der Waals surface area contributed by atoms with E-state index in [9.17, 15) is 5.11 Å². The van der Waals surface area contributed by atoms with Gasteiger partial charge in [0.05, 0.1) is 27.7 Å². The Hall–Kier alpha value is -1.02. The van der Waals surface area contributed by atoms with Crippen molar-refractivity contribution < 1.29 is 9.59 Å². The van der Waals surface area contributed by atoms with Crippen molar-refractivity contribution >= 4 is 0 Å². The lowest BCUT2D eigenvalue weighted by atomic mass is 9.81. The minimum atomic E-state index is 0.166. The molecular weight excluding hydrogens is 198 g/mol. The van der Waals surface area contributed by atoms with Gasteiger partial charge in [-0.15, -0.1) is 0 Å². The number of phenols is 1. The quantitative estimate of drug-likeness (QED) is 0.777. The van der Waals surface area contributed by atoms with Gasteiger partial charge in [-0.25, -0.2) is 0 Å². The van der Waals surface area contributed by atoms with Crippen molar-refractivity contribution in [3.8, 4) is 5.75 Å². The predicted molar refractivity (Wildman–Crippen MR) is 68.6 cm³/mol. The van der Waals surface area contributed by atoms with Crippen molar-refractivity contribution in [3.63, 3.8) is 0 Å². The van der Waals surface area contributed by atoms with Crippen LogP contribution in [0.3, 0.4) is 0 Å². The summed E-state index contributed by atoms with van der Waals surface area (Å²) in [6.07, 6.45) is 1.14. The van der Waals surface area contributed by atoms with Crippen LogP contribution in [-0.4, -0.2) is 37.3 Å². The second-order valence-electron chi connectivity index (χ2n) is 6.19. The van der Waals surface area contributed by atoms with Crippen LogP contribution in [-0.2, 0) is 5.41 Å². The van der Waals surface area contributed by atoms with Crippen LogP contribution in [0.15, 0.2) is 24.3 Å². The molecule has 0 fully saturated rings. The molecule has 0 heterocycles. The molecule has 0 saturated carbocycles. The third-order valence-electron chi connectivity index (χ3n) is 3.06. The Morgan fingerprint density at radius 2 is 1.56 bits per heavy atom. The van der Waals surface area contributed by atoms with Gasteiger partial charge in [0.1, 0.15) is 5.75 Å². The van der Waals surface area contributed by atoms with Crippen molar-refractivity contribution in [2.24, 2.45) is 0 Å². The molecule has 0 bridgehead atoms. The van der Waals surface area contributed by atoms with Crippen molar-refractivity contribution in [2.75, 3.05) is 27.7 Å². The van der Waals surface area contributed by atoms with E-state index in [1.165, 1.54) is 5.56 Å². The number of benzene rings is 1. The van der Waals surface area contributed by atoms with Crippen LogP contribution in [0.25, 0.3) is 0 Å². The molecule has 1 rings (SSSR count). The summed E-state index contributed by atoms with van der Waals surface area (Å²) in [7, 11) is 6.65. The maximum atomic E-state index is 9.28. The maximum Gasteiger partial charge on any atom is 0.115 e. The van der Waals surface area contributed by atoms with E-state index in [-0.39, 0.29) is 5.41 Å². The number of quaternary nitrogens is 1. The molecule has 0 amide bonds. The van der Waals surface area contributed by atoms with Crippen LogP contribution in [0.5, 0.6) is 5.75 Å². The zero-order valence-electron chi connectivity index (χ0n) is 11.1. The van der Waals surface area contributed by atoms with Crippen molar-refractivity contribution in [2.45, 2.75) is 25.7 Å². The molecule has 0 aliphatic heterocycles. The summed E-state index contributed by atoms with van der Waals surface area (Å²) >= 11 is 0. The molecule has 0 saturated heterocycles. The number of nitrogens with zero attached hydrogens (tertiary/aromatic N) is 1. The van der Waals surface area contributed by atoms with Crippen LogP contribution in [0.4, 0.5) is 0 Å². The molecule has 0 atom stereocenters. The van der Waals surface area contributed by atoms with Crippen LogP contribution in [0.1, 0.15) is 25.8 Å². The van der Waals surface area contributed by atoms with Gasteiger partial charge in [0.15, 0.2) is 0 Å². The fraction of sp³-hybridized carbons (Fsp3) is 0.571. The molecular formula is C14H24NO+. The smallest absolute Gasteiger partial charge is 0.115 e. The van der Waals surface area contributed by atoms with E-state index in [0.29, 0.717) is 5.75 Å². The number of rotatable bonds is 4. The molecule has 0 unspecified atom stereocenters. The number of aromatic hydroxyl groups is 1. The van der Waals surface area contributed by atoms with E-state index in [2.05, 4.69) is 35.0 Å². The molecule has 1 aromatic rings. The van der Waals surface area contributed by atoms with Crippen molar-refractivity contribution in [1.29, 1.82) is 0 Å². The molecule has 2 heteroatoms. The van der Waals surface area contributed by atoms with Crippen molar-refractivity contribution in [3.05, 3.63) is 29.8 Å². The standard InChI is InChI=1S/C14H23NO/c1-14(2,10-11-15(3,4)5)12-6-8-13(16)9-7-12/h6-9H,10-11H2,1-5H3/p+1. The highest BCUT2D eigenvalue weighted by atomic mass is 16.3. The fourth-order valence-electron chi connectivity index (χ4n) is 1.67. The van der Waals surface area contributed by atoms with Gasteiger partial charge in [0, 0.05) is 6.42 Å². The summed E-state index contributed by atoms with van der Waals surface area (Å²) < 4.78 is 0.988. The van der Waals surface area contributed by atoms with Crippen LogP contribution in [0.2, 0.25) is 0 Å². The SMILES string of the molecule is CC(C)(CC[N+](C)(C)C)c1ccc(O)cc1. The molecule has 0 radical (unpaired) electrons. The summed E-state index contributed by atoms with van der Waals surface area (Å²) in [5.41, 5.74) is 1.46. The third-order valence-corrected chi connectivity index (χ3v) is 3.06. The molecule has 90 valence electrons. The molecule has 1 aromatic carbocycles. The maximum absolute atomic E-state index is 9.28. The van der Waals surface area contributed by atoms with Gasteiger partial charge in [-0.05, 0) is 23.1 Å². The average molecular weight is 222 g/mol. The van der Waals surface area contributed by atoms with Crippen LogP contribution >= 0.6 is 0 Å². The first kappa shape index (κ1) is 13.0. The summed E-state index contributed by atoms with van der Waals surface area (Å²) in [6.45, 7) is 5.66. The second-order valence-corrected chi connectivity index (χ2v) is 6.19. The van der Waals surface area contributed by atoms with E-state index in [1.54, 1.807) is 12.1 Å². The zero-order chi connectivity index (χ0) is 12.4. The lowest BCUT2D eigenvalue weighted by Gasteiger charge is -2.31. The van der Waals surface area contributed by atoms with Gasteiger partial charge in [0.25, 0.3) is 0 Å². The van der Waals surface area contributed by atoms with Crippen LogP contribution < -0.4 is 0 Å². The average Bonchev–Trinajstić information content (AvgIpc) is 2.15. The Morgan fingerprint density at radius 1 is 1.06 bits per heavy atom. The first-order chi connectivity index (χ1) is 7.21. The Balaban J connectivity index is 2.73. The Labute approximate surface area is 99.1 Å².